The summed E-state index contributed by atoms with van der Waals surface area (Å²) in [5.41, 5.74) is 4.32. The predicted molar refractivity (Wildman–Crippen MR) is 74.1 cm³/mol. The van der Waals surface area contributed by atoms with E-state index in [4.69, 9.17) is 22.1 Å². The van der Waals surface area contributed by atoms with Gasteiger partial charge in [-0.2, -0.15) is 0 Å². The van der Waals surface area contributed by atoms with Gasteiger partial charge >= 0.3 is 0 Å². The number of hydrogen-bond acceptors (Lipinski definition) is 2. The third kappa shape index (κ3) is 3.15. The fraction of sp³-hybridized carbons (Fsp3) is 0.571. The lowest BCUT2D eigenvalue weighted by molar-refractivity contribution is 0.0377. The molecule has 0 radical (unpaired) electrons. The van der Waals surface area contributed by atoms with E-state index in [1.807, 2.05) is 20.8 Å². The zero-order valence-electron chi connectivity index (χ0n) is 11.4. The molecule has 0 heterocycles. The Morgan fingerprint density at radius 3 is 2.39 bits per heavy atom. The second-order valence-electron chi connectivity index (χ2n) is 5.55. The van der Waals surface area contributed by atoms with Crippen LogP contribution in [0.4, 0.5) is 4.39 Å². The number of alkyl halides is 1. The summed E-state index contributed by atoms with van der Waals surface area (Å²) < 4.78 is 20.2. The summed E-state index contributed by atoms with van der Waals surface area (Å²) in [6.07, 6.45) is 0.191. The lowest BCUT2D eigenvalue weighted by atomic mass is 9.74. The van der Waals surface area contributed by atoms with Gasteiger partial charge in [0.15, 0.2) is 0 Å². The average molecular weight is 274 g/mol. The van der Waals surface area contributed by atoms with Crippen molar-refractivity contribution in [3.05, 3.63) is 28.8 Å². The molecule has 0 aromatic heterocycles. The van der Waals surface area contributed by atoms with Crippen LogP contribution >= 0.6 is 11.6 Å². The van der Waals surface area contributed by atoms with Crippen LogP contribution in [0.3, 0.4) is 0 Å². The highest BCUT2D eigenvalue weighted by Crippen LogP contribution is 2.38. The lowest BCUT2D eigenvalue weighted by Gasteiger charge is -2.37. The van der Waals surface area contributed by atoms with Crippen molar-refractivity contribution in [2.75, 3.05) is 13.7 Å². The van der Waals surface area contributed by atoms with E-state index >= 15 is 0 Å². The summed E-state index contributed by atoms with van der Waals surface area (Å²) in [6.45, 7) is 5.50. The van der Waals surface area contributed by atoms with E-state index in [1.54, 1.807) is 25.3 Å². The quantitative estimate of drug-likeness (QED) is 0.910. The molecular weight excluding hydrogens is 253 g/mol. The zero-order valence-corrected chi connectivity index (χ0v) is 12.1. The molecular formula is C14H21ClFNO. The third-order valence-electron chi connectivity index (χ3n) is 3.38. The molecule has 2 N–H and O–H groups in total. The summed E-state index contributed by atoms with van der Waals surface area (Å²) in [5, 5.41) is 0.569. The highest BCUT2D eigenvalue weighted by atomic mass is 35.5. The van der Waals surface area contributed by atoms with Gasteiger partial charge in [-0.3, -0.25) is 0 Å². The monoisotopic (exact) mass is 273 g/mol. The number of halogens is 2. The summed E-state index contributed by atoms with van der Waals surface area (Å²) in [6, 6.07) is 5.21. The second kappa shape index (κ2) is 5.45. The normalized spacial score (nSPS) is 15.3. The SMILES string of the molecule is COc1ccc(Cl)cc1CC(F)(CN)C(C)(C)C. The topological polar surface area (TPSA) is 35.2 Å². The molecule has 2 nitrogen and oxygen atoms in total. The fourth-order valence-corrected chi connectivity index (χ4v) is 2.03. The minimum absolute atomic E-state index is 0.0355. The Morgan fingerprint density at radius 1 is 1.33 bits per heavy atom. The molecule has 0 fully saturated rings. The molecule has 18 heavy (non-hydrogen) atoms. The Morgan fingerprint density at radius 2 is 1.94 bits per heavy atom. The predicted octanol–water partition coefficient (Wildman–Crippen LogP) is 3.60. The number of ether oxygens (including phenoxy) is 1. The molecule has 1 aromatic carbocycles. The minimum Gasteiger partial charge on any atom is -0.496 e. The molecule has 0 aliphatic rings. The largest absolute Gasteiger partial charge is 0.496 e. The van der Waals surface area contributed by atoms with E-state index in [9.17, 15) is 4.39 Å². The van der Waals surface area contributed by atoms with Gasteiger partial charge in [0.1, 0.15) is 11.4 Å². The molecule has 0 bridgehead atoms. The van der Waals surface area contributed by atoms with Gasteiger partial charge in [-0.25, -0.2) is 4.39 Å². The number of benzene rings is 1. The molecule has 0 saturated carbocycles. The number of hydrogen-bond donors (Lipinski definition) is 1. The van der Waals surface area contributed by atoms with Crippen LogP contribution in [0.15, 0.2) is 18.2 Å². The van der Waals surface area contributed by atoms with Crippen molar-refractivity contribution in [3.63, 3.8) is 0 Å². The van der Waals surface area contributed by atoms with E-state index < -0.39 is 11.1 Å². The van der Waals surface area contributed by atoms with Crippen molar-refractivity contribution < 1.29 is 9.13 Å². The Balaban J connectivity index is 3.12. The number of methoxy groups -OCH3 is 1. The molecule has 4 heteroatoms. The van der Waals surface area contributed by atoms with Gasteiger partial charge in [-0.05, 0) is 29.2 Å². The maximum atomic E-state index is 14.9. The first-order chi connectivity index (χ1) is 8.23. The first-order valence-corrected chi connectivity index (χ1v) is 6.33. The standard InChI is InChI=1S/C14H21ClFNO/c1-13(2,3)14(16,9-17)8-10-7-11(15)5-6-12(10)18-4/h5-7H,8-9,17H2,1-4H3. The molecule has 0 amide bonds. The van der Waals surface area contributed by atoms with Gasteiger partial charge in [-0.1, -0.05) is 32.4 Å². The average Bonchev–Trinajstić information content (AvgIpc) is 2.27. The van der Waals surface area contributed by atoms with Crippen LogP contribution in [-0.2, 0) is 6.42 Å². The highest BCUT2D eigenvalue weighted by molar-refractivity contribution is 6.30. The van der Waals surface area contributed by atoms with Crippen molar-refractivity contribution in [1.29, 1.82) is 0 Å². The van der Waals surface area contributed by atoms with Gasteiger partial charge in [0.05, 0.1) is 7.11 Å². The van der Waals surface area contributed by atoms with E-state index in [0.29, 0.717) is 10.8 Å². The van der Waals surface area contributed by atoms with Crippen LogP contribution < -0.4 is 10.5 Å². The van der Waals surface area contributed by atoms with Crippen molar-refractivity contribution in [2.45, 2.75) is 32.9 Å². The second-order valence-corrected chi connectivity index (χ2v) is 5.99. The molecule has 0 aliphatic carbocycles. The van der Waals surface area contributed by atoms with Crippen molar-refractivity contribution in [1.82, 2.24) is 0 Å². The van der Waals surface area contributed by atoms with Gasteiger partial charge in [-0.15, -0.1) is 0 Å². The fourth-order valence-electron chi connectivity index (χ4n) is 1.83. The van der Waals surface area contributed by atoms with Gasteiger partial charge in [0.25, 0.3) is 0 Å². The Labute approximate surface area is 113 Å². The molecule has 0 aliphatic heterocycles. The summed E-state index contributed by atoms with van der Waals surface area (Å²) in [4.78, 5) is 0. The summed E-state index contributed by atoms with van der Waals surface area (Å²) in [5.74, 6) is 0.638. The van der Waals surface area contributed by atoms with Crippen LogP contribution in [-0.4, -0.2) is 19.3 Å². The van der Waals surface area contributed by atoms with E-state index in [-0.39, 0.29) is 13.0 Å². The Hall–Kier alpha value is -0.800. The van der Waals surface area contributed by atoms with Crippen LogP contribution in [0, 0.1) is 5.41 Å². The summed E-state index contributed by atoms with van der Waals surface area (Å²) >= 11 is 5.95. The molecule has 1 aromatic rings. The van der Waals surface area contributed by atoms with Crippen molar-refractivity contribution >= 4 is 11.6 Å². The van der Waals surface area contributed by atoms with Gasteiger partial charge in [0, 0.05) is 18.0 Å². The maximum absolute atomic E-state index is 14.9. The molecule has 1 rings (SSSR count). The van der Waals surface area contributed by atoms with E-state index in [2.05, 4.69) is 0 Å². The van der Waals surface area contributed by atoms with Crippen LogP contribution in [0.1, 0.15) is 26.3 Å². The Kier molecular flexibility index (Phi) is 4.62. The maximum Gasteiger partial charge on any atom is 0.132 e. The minimum atomic E-state index is -1.50. The zero-order chi connectivity index (χ0) is 14.0. The molecule has 102 valence electrons. The smallest absolute Gasteiger partial charge is 0.132 e. The summed E-state index contributed by atoms with van der Waals surface area (Å²) in [7, 11) is 1.56. The van der Waals surface area contributed by atoms with Gasteiger partial charge in [0.2, 0.25) is 0 Å². The lowest BCUT2D eigenvalue weighted by Crippen LogP contribution is -2.47. The van der Waals surface area contributed by atoms with Crippen LogP contribution in [0.5, 0.6) is 5.75 Å². The van der Waals surface area contributed by atoms with Crippen LogP contribution in [0.2, 0.25) is 5.02 Å². The Bertz CT molecular complexity index is 417. The van der Waals surface area contributed by atoms with Crippen molar-refractivity contribution in [2.24, 2.45) is 11.1 Å². The van der Waals surface area contributed by atoms with Crippen molar-refractivity contribution in [3.8, 4) is 5.75 Å². The number of nitrogens with two attached hydrogens (primary N) is 1. The highest BCUT2D eigenvalue weighted by Gasteiger charge is 2.41. The molecule has 1 atom stereocenters. The number of rotatable bonds is 4. The third-order valence-corrected chi connectivity index (χ3v) is 3.62. The molecule has 0 saturated heterocycles. The first kappa shape index (κ1) is 15.3. The van der Waals surface area contributed by atoms with E-state index in [0.717, 1.165) is 5.56 Å². The van der Waals surface area contributed by atoms with Gasteiger partial charge < -0.3 is 10.5 Å². The van der Waals surface area contributed by atoms with Crippen LogP contribution in [0.25, 0.3) is 0 Å². The van der Waals surface area contributed by atoms with E-state index in [1.165, 1.54) is 0 Å². The molecule has 1 unspecified atom stereocenters. The molecule has 0 spiro atoms. The first-order valence-electron chi connectivity index (χ1n) is 5.95.